The maximum absolute atomic E-state index is 12.7. The van der Waals surface area contributed by atoms with Crippen LogP contribution in [0, 0.1) is 0 Å². The number of likely N-dealkylation sites (N-methyl/N-ethyl adjacent to an activating group) is 2. The molecule has 2 aliphatic rings. The summed E-state index contributed by atoms with van der Waals surface area (Å²) >= 11 is 1.55. The van der Waals surface area contributed by atoms with E-state index >= 15 is 0 Å². The summed E-state index contributed by atoms with van der Waals surface area (Å²) in [4.78, 5) is 40.3. The molecule has 1 fully saturated rings. The first-order valence-corrected chi connectivity index (χ1v) is 11.5. The second kappa shape index (κ2) is 6.42. The van der Waals surface area contributed by atoms with Crippen molar-refractivity contribution in [2.75, 3.05) is 14.1 Å². The molecule has 33 heavy (non-hydrogen) atoms. The Morgan fingerprint density at radius 1 is 0.848 bits per heavy atom. The van der Waals surface area contributed by atoms with Gasteiger partial charge in [-0.15, -0.1) is 11.3 Å². The molecular weight excluding hydrogens is 434 g/mol. The van der Waals surface area contributed by atoms with Crippen molar-refractivity contribution in [3.05, 3.63) is 70.1 Å². The number of carbonyl (C=O) groups excluding carboxylic acids is 3. The van der Waals surface area contributed by atoms with Crippen LogP contribution in [0.4, 0.5) is 4.79 Å². The van der Waals surface area contributed by atoms with Crippen molar-refractivity contribution in [1.29, 1.82) is 0 Å². The number of para-hydroxylation sites is 2. The van der Waals surface area contributed by atoms with E-state index in [0.717, 1.165) is 30.8 Å². The lowest BCUT2D eigenvalue weighted by atomic mass is 9.76. The lowest BCUT2D eigenvalue weighted by Crippen LogP contribution is -2.52. The lowest BCUT2D eigenvalue weighted by molar-refractivity contribution is -0.134. The fourth-order valence-electron chi connectivity index (χ4n) is 5.08. The van der Waals surface area contributed by atoms with Crippen molar-refractivity contribution in [3.8, 4) is 5.00 Å². The van der Waals surface area contributed by atoms with E-state index in [0.29, 0.717) is 0 Å². The van der Waals surface area contributed by atoms with Crippen LogP contribution in [0.5, 0.6) is 0 Å². The predicted octanol–water partition coefficient (Wildman–Crippen LogP) is 4.92. The minimum atomic E-state index is -0.620. The van der Waals surface area contributed by atoms with Gasteiger partial charge in [-0.3, -0.25) is 19.4 Å². The summed E-state index contributed by atoms with van der Waals surface area (Å²) in [5.74, 6) is -1.16. The molecule has 2 aromatic carbocycles. The largest absolute Gasteiger partial charge is 0.333 e. The average Bonchev–Trinajstić information content (AvgIpc) is 3.38. The van der Waals surface area contributed by atoms with Crippen LogP contribution in [-0.4, -0.2) is 46.3 Å². The number of carbonyl (C=O) groups is 3. The van der Waals surface area contributed by atoms with Crippen molar-refractivity contribution in [2.45, 2.75) is 19.3 Å². The maximum Gasteiger partial charge on any atom is 0.333 e. The molecule has 0 N–H and O–H groups in total. The molecule has 4 aromatic rings. The smallest absolute Gasteiger partial charge is 0.300 e. The van der Waals surface area contributed by atoms with Crippen molar-refractivity contribution in [3.63, 3.8) is 0 Å². The number of hydrogen-bond donors (Lipinski definition) is 0. The minimum Gasteiger partial charge on any atom is -0.300 e. The zero-order chi connectivity index (χ0) is 23.2. The number of barbiturate groups is 1. The number of nitrogens with zero attached hydrogens (tertiary/aromatic N) is 3. The molecule has 0 radical (unpaired) electrons. The molecule has 0 saturated carbocycles. The molecule has 0 spiro atoms. The molecular formula is C26H21N3O3S. The number of imide groups is 2. The lowest BCUT2D eigenvalue weighted by Gasteiger charge is -2.32. The normalized spacial score (nSPS) is 17.3. The molecule has 0 bridgehead atoms. The van der Waals surface area contributed by atoms with Crippen LogP contribution in [0.3, 0.4) is 0 Å². The summed E-state index contributed by atoms with van der Waals surface area (Å²) in [6, 6.07) is 16.3. The van der Waals surface area contributed by atoms with Gasteiger partial charge in [0, 0.05) is 35.2 Å². The van der Waals surface area contributed by atoms with Gasteiger partial charge in [-0.1, -0.05) is 50.2 Å². The van der Waals surface area contributed by atoms with Crippen LogP contribution < -0.4 is 0 Å². The van der Waals surface area contributed by atoms with Gasteiger partial charge in [-0.2, -0.15) is 0 Å². The Labute approximate surface area is 194 Å². The Morgan fingerprint density at radius 2 is 1.52 bits per heavy atom. The first-order valence-electron chi connectivity index (χ1n) is 10.7. The van der Waals surface area contributed by atoms with Gasteiger partial charge in [0.1, 0.15) is 10.6 Å². The topological polar surface area (TPSA) is 62.6 Å². The van der Waals surface area contributed by atoms with Crippen molar-refractivity contribution in [2.24, 2.45) is 0 Å². The van der Waals surface area contributed by atoms with E-state index < -0.39 is 17.8 Å². The molecule has 164 valence electrons. The van der Waals surface area contributed by atoms with Gasteiger partial charge in [-0.25, -0.2) is 4.79 Å². The summed E-state index contributed by atoms with van der Waals surface area (Å²) in [6.45, 7) is 4.42. The number of fused-ring (bicyclic) bond motifs is 5. The molecule has 0 atom stereocenters. The summed E-state index contributed by atoms with van der Waals surface area (Å²) < 4.78 is 2.31. The van der Waals surface area contributed by atoms with Gasteiger partial charge in [0.2, 0.25) is 0 Å². The first-order chi connectivity index (χ1) is 15.7. The number of amides is 4. The van der Waals surface area contributed by atoms with E-state index in [-0.39, 0.29) is 11.0 Å². The quantitative estimate of drug-likeness (QED) is 0.302. The van der Waals surface area contributed by atoms with Crippen LogP contribution in [0.25, 0.3) is 32.9 Å². The zero-order valence-electron chi connectivity index (χ0n) is 18.7. The highest BCUT2D eigenvalue weighted by Gasteiger charge is 2.39. The Balaban J connectivity index is 1.62. The van der Waals surface area contributed by atoms with Gasteiger partial charge in [0.25, 0.3) is 11.8 Å². The van der Waals surface area contributed by atoms with E-state index in [9.17, 15) is 14.4 Å². The summed E-state index contributed by atoms with van der Waals surface area (Å²) in [5.41, 5.74) is 4.47. The van der Waals surface area contributed by atoms with E-state index in [1.807, 2.05) is 6.07 Å². The number of benzene rings is 2. The summed E-state index contributed by atoms with van der Waals surface area (Å²) in [5, 5.41) is 3.51. The SMILES string of the molecule is CN1C(=O)C(=Cc2cc3c(s2)-n2c4ccccc4c4cccc(c42)C3(C)C)C(=O)N(C)C1=O. The fourth-order valence-corrected chi connectivity index (χ4v) is 6.36. The molecule has 4 heterocycles. The van der Waals surface area contributed by atoms with Crippen LogP contribution >= 0.6 is 11.3 Å². The maximum atomic E-state index is 12.7. The molecule has 1 saturated heterocycles. The first kappa shape index (κ1) is 19.9. The average molecular weight is 456 g/mol. The Hall–Kier alpha value is -3.71. The molecule has 2 aromatic heterocycles. The highest BCUT2D eigenvalue weighted by Crippen LogP contribution is 2.50. The van der Waals surface area contributed by atoms with Crippen LogP contribution in [0.1, 0.15) is 29.9 Å². The molecule has 6 nitrogen and oxygen atoms in total. The van der Waals surface area contributed by atoms with E-state index in [1.165, 1.54) is 35.9 Å². The highest BCUT2D eigenvalue weighted by atomic mass is 32.1. The summed E-state index contributed by atoms with van der Waals surface area (Å²) in [7, 11) is 2.78. The van der Waals surface area contributed by atoms with Gasteiger partial charge < -0.3 is 4.57 Å². The Bertz CT molecular complexity index is 1560. The standard InChI is InChI=1S/C26H21N3O3S/c1-26(2)18-10-7-9-16-15-8-5-6-11-20(15)29(21(16)18)24-19(26)13-14(33-24)12-17-22(30)27(3)25(32)28(4)23(17)31/h5-13H,1-4H3. The van der Waals surface area contributed by atoms with E-state index in [2.05, 4.69) is 60.9 Å². The Morgan fingerprint density at radius 3 is 2.24 bits per heavy atom. The molecule has 7 heteroatoms. The second-order valence-corrected chi connectivity index (χ2v) is 10.2. The third-order valence-electron chi connectivity index (χ3n) is 6.91. The summed E-state index contributed by atoms with van der Waals surface area (Å²) in [6.07, 6.45) is 1.62. The number of hydrogen-bond acceptors (Lipinski definition) is 4. The predicted molar refractivity (Wildman–Crippen MR) is 130 cm³/mol. The molecule has 2 aliphatic heterocycles. The van der Waals surface area contributed by atoms with Crippen LogP contribution in [0.15, 0.2) is 54.1 Å². The molecule has 0 unspecified atom stereocenters. The van der Waals surface area contributed by atoms with Crippen LogP contribution in [0.2, 0.25) is 0 Å². The van der Waals surface area contributed by atoms with Gasteiger partial charge >= 0.3 is 6.03 Å². The monoisotopic (exact) mass is 455 g/mol. The Kier molecular flexibility index (Phi) is 3.88. The zero-order valence-corrected chi connectivity index (χ0v) is 19.5. The molecule has 4 amide bonds. The van der Waals surface area contributed by atoms with E-state index in [4.69, 9.17) is 0 Å². The third-order valence-corrected chi connectivity index (χ3v) is 7.97. The van der Waals surface area contributed by atoms with Gasteiger partial charge in [0.05, 0.1) is 11.0 Å². The number of thiophene rings is 1. The van der Waals surface area contributed by atoms with E-state index in [1.54, 1.807) is 17.4 Å². The third kappa shape index (κ3) is 2.45. The van der Waals surface area contributed by atoms with Crippen molar-refractivity contribution < 1.29 is 14.4 Å². The van der Waals surface area contributed by atoms with Crippen molar-refractivity contribution >= 4 is 57.1 Å². The van der Waals surface area contributed by atoms with Crippen molar-refractivity contribution in [1.82, 2.24) is 14.4 Å². The van der Waals surface area contributed by atoms with Crippen LogP contribution in [-0.2, 0) is 15.0 Å². The molecule has 0 aliphatic carbocycles. The van der Waals surface area contributed by atoms with Gasteiger partial charge in [0.15, 0.2) is 0 Å². The second-order valence-electron chi connectivity index (χ2n) is 9.12. The number of aromatic nitrogens is 1. The minimum absolute atomic E-state index is 0.00368. The number of urea groups is 1. The highest BCUT2D eigenvalue weighted by molar-refractivity contribution is 7.15. The molecule has 6 rings (SSSR count). The fraction of sp³-hybridized carbons (Fsp3) is 0.192. The number of rotatable bonds is 1. The van der Waals surface area contributed by atoms with Gasteiger partial charge in [-0.05, 0) is 29.3 Å².